The zero-order valence-corrected chi connectivity index (χ0v) is 13.9. The van der Waals surface area contributed by atoms with Crippen LogP contribution in [0, 0.1) is 0 Å². The van der Waals surface area contributed by atoms with Gasteiger partial charge in [-0.15, -0.1) is 11.3 Å². The quantitative estimate of drug-likeness (QED) is 0.839. The van der Waals surface area contributed by atoms with Crippen LogP contribution in [0.2, 0.25) is 0 Å². The minimum absolute atomic E-state index is 0.152. The monoisotopic (exact) mass is 335 g/mol. The number of hydrogen-bond donors (Lipinski definition) is 2. The smallest absolute Gasteiger partial charge is 0.270 e. The first-order chi connectivity index (χ1) is 11.3. The van der Waals surface area contributed by atoms with Gasteiger partial charge in [-0.25, -0.2) is 4.98 Å². The lowest BCUT2D eigenvalue weighted by atomic mass is 10.2. The van der Waals surface area contributed by atoms with E-state index in [2.05, 4.69) is 25.5 Å². The van der Waals surface area contributed by atoms with Gasteiger partial charge in [0, 0.05) is 44.7 Å². The zero-order chi connectivity index (χ0) is 16.1. The molecule has 2 aliphatic heterocycles. The van der Waals surface area contributed by atoms with Crippen LogP contribution in [0.4, 0.5) is 5.13 Å². The predicted octanol–water partition coefficient (Wildman–Crippen LogP) is 1.00. The number of nitrogens with zero attached hydrogens (tertiary/aromatic N) is 3. The number of rotatable bonds is 5. The summed E-state index contributed by atoms with van der Waals surface area (Å²) in [5.41, 5.74) is 0.468. The lowest BCUT2D eigenvalue weighted by Gasteiger charge is -2.36. The molecule has 3 rings (SSSR count). The number of carbonyl (C=O) groups excluding carboxylic acids is 1. The Morgan fingerprint density at radius 3 is 3.30 bits per heavy atom. The van der Waals surface area contributed by atoms with Crippen LogP contribution in [0.15, 0.2) is 22.3 Å². The first kappa shape index (κ1) is 15.9. The lowest BCUT2D eigenvalue weighted by molar-refractivity contribution is 0.0959. The van der Waals surface area contributed by atoms with Gasteiger partial charge >= 0.3 is 0 Å². The van der Waals surface area contributed by atoms with Crippen LogP contribution < -0.4 is 15.5 Å². The van der Waals surface area contributed by atoms with Gasteiger partial charge in [-0.2, -0.15) is 0 Å². The standard InChI is InChI=1S/C15H21N5O2S/c1-16-14(21)13-10-23-15(19-13)20-6-5-18-7-11(20)9-22-12-3-2-4-17-8-12/h4,8,10-11,18H,2-3,5-7,9H2,1H3,(H,16,21). The lowest BCUT2D eigenvalue weighted by Crippen LogP contribution is -2.53. The maximum atomic E-state index is 11.7. The molecule has 0 radical (unpaired) electrons. The van der Waals surface area contributed by atoms with E-state index in [-0.39, 0.29) is 11.9 Å². The van der Waals surface area contributed by atoms with E-state index >= 15 is 0 Å². The molecule has 2 aliphatic rings. The van der Waals surface area contributed by atoms with Crippen LogP contribution in [0.25, 0.3) is 0 Å². The summed E-state index contributed by atoms with van der Waals surface area (Å²) >= 11 is 1.50. The number of aromatic nitrogens is 1. The fourth-order valence-corrected chi connectivity index (χ4v) is 3.49. The number of hydrogen-bond acceptors (Lipinski definition) is 7. The Bertz CT molecular complexity index is 613. The van der Waals surface area contributed by atoms with Crippen molar-refractivity contribution in [2.45, 2.75) is 18.9 Å². The third-order valence-corrected chi connectivity index (χ3v) is 4.73. The Hall–Kier alpha value is -1.93. The number of aliphatic imine (C=N–C) groups is 1. The molecule has 0 aliphatic carbocycles. The second-order valence-electron chi connectivity index (χ2n) is 5.42. The Morgan fingerprint density at radius 2 is 2.52 bits per heavy atom. The van der Waals surface area contributed by atoms with Crippen LogP contribution in [-0.4, -0.2) is 56.4 Å². The fraction of sp³-hybridized carbons (Fsp3) is 0.533. The highest BCUT2D eigenvalue weighted by Gasteiger charge is 2.26. The molecule has 1 saturated heterocycles. The molecule has 1 fully saturated rings. The number of ether oxygens (including phenoxy) is 1. The van der Waals surface area contributed by atoms with Crippen molar-refractivity contribution in [2.24, 2.45) is 4.99 Å². The van der Waals surface area contributed by atoms with Crippen LogP contribution in [0.1, 0.15) is 23.3 Å². The summed E-state index contributed by atoms with van der Waals surface area (Å²) in [7, 11) is 1.61. The molecule has 8 heteroatoms. The Kier molecular flexibility index (Phi) is 5.24. The van der Waals surface area contributed by atoms with Crippen LogP contribution >= 0.6 is 11.3 Å². The molecule has 124 valence electrons. The number of thiazole rings is 1. The summed E-state index contributed by atoms with van der Waals surface area (Å²) in [5.74, 6) is 0.781. The summed E-state index contributed by atoms with van der Waals surface area (Å²) < 4.78 is 5.91. The molecular formula is C15H21N5O2S. The molecule has 23 heavy (non-hydrogen) atoms. The number of carbonyl (C=O) groups is 1. The van der Waals surface area contributed by atoms with E-state index in [1.165, 1.54) is 11.3 Å². The topological polar surface area (TPSA) is 78.9 Å². The van der Waals surface area contributed by atoms with E-state index < -0.39 is 0 Å². The number of anilines is 1. The third-order valence-electron chi connectivity index (χ3n) is 3.85. The third kappa shape index (κ3) is 3.89. The maximum Gasteiger partial charge on any atom is 0.270 e. The normalized spacial score (nSPS) is 21.0. The molecule has 7 nitrogen and oxygen atoms in total. The summed E-state index contributed by atoms with van der Waals surface area (Å²) in [6, 6.07) is 0.194. The molecule has 0 bridgehead atoms. The van der Waals surface area contributed by atoms with Crippen molar-refractivity contribution in [1.29, 1.82) is 0 Å². The first-order valence-electron chi connectivity index (χ1n) is 7.76. The highest BCUT2D eigenvalue weighted by molar-refractivity contribution is 7.14. The van der Waals surface area contributed by atoms with Crippen LogP contribution in [0.5, 0.6) is 0 Å². The fourth-order valence-electron chi connectivity index (χ4n) is 2.58. The van der Waals surface area contributed by atoms with E-state index in [0.717, 1.165) is 43.4 Å². The van der Waals surface area contributed by atoms with Gasteiger partial charge in [0.1, 0.15) is 18.1 Å². The number of amides is 1. The van der Waals surface area contributed by atoms with Gasteiger partial charge in [0.2, 0.25) is 0 Å². The van der Waals surface area contributed by atoms with Gasteiger partial charge in [-0.3, -0.25) is 9.79 Å². The van der Waals surface area contributed by atoms with E-state index in [1.54, 1.807) is 18.6 Å². The van der Waals surface area contributed by atoms with Crippen molar-refractivity contribution >= 4 is 28.6 Å². The average molecular weight is 335 g/mol. The first-order valence-corrected chi connectivity index (χ1v) is 8.64. The van der Waals surface area contributed by atoms with Crippen molar-refractivity contribution in [3.63, 3.8) is 0 Å². The van der Waals surface area contributed by atoms with Crippen LogP contribution in [0.3, 0.4) is 0 Å². The number of piperazine rings is 1. The summed E-state index contributed by atoms with van der Waals surface area (Å²) in [4.78, 5) is 22.5. The average Bonchev–Trinajstić information content (AvgIpc) is 3.10. The molecule has 1 unspecified atom stereocenters. The van der Waals surface area contributed by atoms with Crippen molar-refractivity contribution in [2.75, 3.05) is 38.2 Å². The summed E-state index contributed by atoms with van der Waals surface area (Å²) in [6.45, 7) is 3.18. The number of nitrogens with one attached hydrogen (secondary N) is 2. The van der Waals surface area contributed by atoms with E-state index in [9.17, 15) is 4.79 Å². The predicted molar refractivity (Wildman–Crippen MR) is 91.3 cm³/mol. The largest absolute Gasteiger partial charge is 0.494 e. The van der Waals surface area contributed by atoms with Crippen molar-refractivity contribution in [3.8, 4) is 0 Å². The highest BCUT2D eigenvalue weighted by Crippen LogP contribution is 2.24. The molecule has 0 aromatic carbocycles. The molecular weight excluding hydrogens is 314 g/mol. The Labute approximate surface area is 139 Å². The van der Waals surface area contributed by atoms with Gasteiger partial charge in [-0.05, 0) is 6.42 Å². The van der Waals surface area contributed by atoms with Crippen LogP contribution in [-0.2, 0) is 4.74 Å². The maximum absolute atomic E-state index is 11.7. The van der Waals surface area contributed by atoms with Gasteiger partial charge in [0.15, 0.2) is 5.13 Å². The molecule has 1 atom stereocenters. The minimum Gasteiger partial charge on any atom is -0.494 e. The minimum atomic E-state index is -0.152. The van der Waals surface area contributed by atoms with Gasteiger partial charge in [0.05, 0.1) is 12.2 Å². The molecule has 1 aromatic rings. The molecule has 0 saturated carbocycles. The van der Waals surface area contributed by atoms with E-state index in [4.69, 9.17) is 4.74 Å². The molecule has 1 amide bonds. The molecule has 2 N–H and O–H groups in total. The van der Waals surface area contributed by atoms with Gasteiger partial charge < -0.3 is 20.3 Å². The SMILES string of the molecule is CNC(=O)c1csc(N2CCNCC2COC2=CN=CCC2)n1. The van der Waals surface area contributed by atoms with Crippen molar-refractivity contribution in [1.82, 2.24) is 15.6 Å². The van der Waals surface area contributed by atoms with Gasteiger partial charge in [0.25, 0.3) is 5.91 Å². The van der Waals surface area contributed by atoms with Gasteiger partial charge in [-0.1, -0.05) is 0 Å². The zero-order valence-electron chi connectivity index (χ0n) is 13.1. The molecule has 0 spiro atoms. The van der Waals surface area contributed by atoms with E-state index in [0.29, 0.717) is 12.3 Å². The van der Waals surface area contributed by atoms with Crippen molar-refractivity contribution in [3.05, 3.63) is 23.0 Å². The Balaban J connectivity index is 1.66. The number of allylic oxidation sites excluding steroid dienone is 1. The highest BCUT2D eigenvalue weighted by atomic mass is 32.1. The summed E-state index contributed by atoms with van der Waals surface area (Å²) in [6.07, 6.45) is 5.52. The molecule has 1 aromatic heterocycles. The Morgan fingerprint density at radius 1 is 1.61 bits per heavy atom. The molecule has 3 heterocycles. The van der Waals surface area contributed by atoms with Crippen molar-refractivity contribution < 1.29 is 9.53 Å². The van der Waals surface area contributed by atoms with E-state index in [1.807, 2.05) is 6.21 Å². The summed E-state index contributed by atoms with van der Waals surface area (Å²) in [5, 5.41) is 8.66. The second kappa shape index (κ2) is 7.56. The second-order valence-corrected chi connectivity index (χ2v) is 6.26.